The first-order valence-corrected chi connectivity index (χ1v) is 6.38. The second-order valence-corrected chi connectivity index (χ2v) is 4.06. The molecule has 1 aliphatic rings. The molecular weight excluding hydrogens is 290 g/mol. The van der Waals surface area contributed by atoms with E-state index in [1.165, 1.54) is 6.07 Å². The third-order valence-corrected chi connectivity index (χ3v) is 2.65. The van der Waals surface area contributed by atoms with Crippen LogP contribution in [0, 0.1) is 11.3 Å². The van der Waals surface area contributed by atoms with Gasteiger partial charge in [-0.25, -0.2) is 4.79 Å². The molecule has 2 rings (SSSR count). The first-order valence-electron chi connectivity index (χ1n) is 6.38. The monoisotopic (exact) mass is 303 g/mol. The summed E-state index contributed by atoms with van der Waals surface area (Å²) >= 11 is 0. The molecule has 0 saturated carbocycles. The summed E-state index contributed by atoms with van der Waals surface area (Å²) in [4.78, 5) is 23.3. The van der Waals surface area contributed by atoms with Crippen molar-refractivity contribution in [2.45, 2.75) is 6.92 Å². The van der Waals surface area contributed by atoms with Gasteiger partial charge in [0.1, 0.15) is 6.07 Å². The molecule has 0 unspecified atom stereocenters. The molecule has 0 fully saturated rings. The van der Waals surface area contributed by atoms with Crippen LogP contribution in [0.5, 0.6) is 11.5 Å². The highest BCUT2D eigenvalue weighted by molar-refractivity contribution is 5.95. The van der Waals surface area contributed by atoms with E-state index in [0.29, 0.717) is 17.1 Å². The second-order valence-electron chi connectivity index (χ2n) is 4.06. The summed E-state index contributed by atoms with van der Waals surface area (Å²) in [6.07, 6.45) is 1.06. The summed E-state index contributed by atoms with van der Waals surface area (Å²) in [5.41, 5.74) is 4.79. The van der Waals surface area contributed by atoms with Crippen LogP contribution in [0.15, 0.2) is 30.0 Å². The number of esters is 1. The maximum absolute atomic E-state index is 11.9. The molecule has 114 valence electrons. The van der Waals surface area contributed by atoms with Gasteiger partial charge in [0.05, 0.1) is 6.61 Å². The van der Waals surface area contributed by atoms with Crippen LogP contribution in [0.4, 0.5) is 0 Å². The Balaban J connectivity index is 1.95. The zero-order chi connectivity index (χ0) is 15.9. The highest BCUT2D eigenvalue weighted by atomic mass is 16.7. The molecule has 8 nitrogen and oxygen atoms in total. The lowest BCUT2D eigenvalue weighted by molar-refractivity contribution is -0.138. The minimum absolute atomic E-state index is 0.118. The van der Waals surface area contributed by atoms with Gasteiger partial charge < -0.3 is 19.6 Å². The fourth-order valence-electron chi connectivity index (χ4n) is 1.63. The minimum atomic E-state index is -0.769. The van der Waals surface area contributed by atoms with E-state index in [1.54, 1.807) is 25.1 Å². The molecule has 1 aliphatic heterocycles. The van der Waals surface area contributed by atoms with Gasteiger partial charge in [0.25, 0.3) is 5.91 Å². The third kappa shape index (κ3) is 3.46. The van der Waals surface area contributed by atoms with Crippen molar-refractivity contribution in [1.82, 2.24) is 10.9 Å². The van der Waals surface area contributed by atoms with Crippen molar-refractivity contribution in [3.05, 3.63) is 35.5 Å². The quantitative estimate of drug-likeness (QED) is 0.355. The van der Waals surface area contributed by atoms with Crippen LogP contribution in [-0.2, 0) is 9.53 Å². The Bertz CT molecular complexity index is 663. The van der Waals surface area contributed by atoms with Crippen molar-refractivity contribution < 1.29 is 23.8 Å². The number of nitrogens with one attached hydrogen (secondary N) is 2. The Morgan fingerprint density at radius 1 is 1.41 bits per heavy atom. The lowest BCUT2D eigenvalue weighted by Gasteiger charge is -2.06. The highest BCUT2D eigenvalue weighted by Crippen LogP contribution is 2.32. The summed E-state index contributed by atoms with van der Waals surface area (Å²) in [5.74, 6) is -0.184. The fourth-order valence-corrected chi connectivity index (χ4v) is 1.63. The van der Waals surface area contributed by atoms with Crippen LogP contribution in [-0.4, -0.2) is 25.3 Å². The van der Waals surface area contributed by atoms with Gasteiger partial charge >= 0.3 is 5.97 Å². The van der Waals surface area contributed by atoms with Crippen molar-refractivity contribution in [3.63, 3.8) is 0 Å². The Kier molecular flexibility index (Phi) is 4.82. The van der Waals surface area contributed by atoms with E-state index in [9.17, 15) is 9.59 Å². The number of carbonyl (C=O) groups excluding carboxylic acids is 2. The van der Waals surface area contributed by atoms with Crippen LogP contribution in [0.3, 0.4) is 0 Å². The molecule has 1 aromatic rings. The molecule has 2 N–H and O–H groups in total. The normalized spacial score (nSPS) is 12.3. The highest BCUT2D eigenvalue weighted by Gasteiger charge is 2.16. The Morgan fingerprint density at radius 2 is 2.18 bits per heavy atom. The van der Waals surface area contributed by atoms with E-state index >= 15 is 0 Å². The zero-order valence-electron chi connectivity index (χ0n) is 11.7. The van der Waals surface area contributed by atoms with Gasteiger partial charge in [-0.2, -0.15) is 5.26 Å². The van der Waals surface area contributed by atoms with Crippen LogP contribution in [0.25, 0.3) is 0 Å². The Hall–Kier alpha value is -3.21. The molecule has 1 heterocycles. The molecule has 0 spiro atoms. The summed E-state index contributed by atoms with van der Waals surface area (Å²) in [7, 11) is 0. The summed E-state index contributed by atoms with van der Waals surface area (Å²) in [6, 6.07) is 6.38. The Labute approximate surface area is 126 Å². The van der Waals surface area contributed by atoms with E-state index in [0.717, 1.165) is 6.20 Å². The van der Waals surface area contributed by atoms with Crippen molar-refractivity contribution in [2.75, 3.05) is 13.4 Å². The van der Waals surface area contributed by atoms with Crippen molar-refractivity contribution in [2.24, 2.45) is 0 Å². The maximum atomic E-state index is 11.9. The number of hydrogen-bond donors (Lipinski definition) is 2. The van der Waals surface area contributed by atoms with E-state index in [4.69, 9.17) is 14.7 Å². The van der Waals surface area contributed by atoms with E-state index in [2.05, 4.69) is 15.6 Å². The van der Waals surface area contributed by atoms with Crippen molar-refractivity contribution in [1.29, 1.82) is 5.26 Å². The fraction of sp³-hybridized carbons (Fsp3) is 0.214. The molecule has 22 heavy (non-hydrogen) atoms. The standard InChI is InChI=1S/C14H13N3O5/c1-2-20-14(19)10(6-15)7-16-17-13(18)9-3-4-11-12(5-9)22-8-21-11/h3-5,7,16H,2,8H2,1H3,(H,17,18)/b10-7+. The van der Waals surface area contributed by atoms with Gasteiger partial charge in [0.2, 0.25) is 6.79 Å². The Morgan fingerprint density at radius 3 is 2.91 bits per heavy atom. The molecule has 1 amide bonds. The van der Waals surface area contributed by atoms with Crippen LogP contribution >= 0.6 is 0 Å². The molecule has 0 saturated heterocycles. The van der Waals surface area contributed by atoms with Gasteiger partial charge in [-0.1, -0.05) is 0 Å². The number of hydrogen-bond acceptors (Lipinski definition) is 7. The second kappa shape index (κ2) is 6.99. The first kappa shape index (κ1) is 15.2. The number of nitriles is 1. The number of rotatable bonds is 5. The number of amides is 1. The van der Waals surface area contributed by atoms with Crippen LogP contribution < -0.4 is 20.3 Å². The van der Waals surface area contributed by atoms with Gasteiger partial charge in [-0.3, -0.25) is 10.2 Å². The van der Waals surface area contributed by atoms with Crippen LogP contribution in [0.2, 0.25) is 0 Å². The number of ether oxygens (including phenoxy) is 3. The summed E-state index contributed by atoms with van der Waals surface area (Å²) in [5, 5.41) is 8.81. The first-order chi connectivity index (χ1) is 10.7. The SMILES string of the molecule is CCOC(=O)/C(C#N)=C/NNC(=O)c1ccc2c(c1)OCO2. The average Bonchev–Trinajstić information content (AvgIpc) is 2.99. The van der Waals surface area contributed by atoms with E-state index in [1.807, 2.05) is 0 Å². The smallest absolute Gasteiger partial charge is 0.350 e. The molecule has 0 atom stereocenters. The zero-order valence-corrected chi connectivity index (χ0v) is 11.7. The lowest BCUT2D eigenvalue weighted by Crippen LogP contribution is -2.34. The van der Waals surface area contributed by atoms with Crippen molar-refractivity contribution >= 4 is 11.9 Å². The number of benzene rings is 1. The van der Waals surface area contributed by atoms with E-state index in [-0.39, 0.29) is 19.0 Å². The van der Waals surface area contributed by atoms with Crippen molar-refractivity contribution in [3.8, 4) is 17.6 Å². The van der Waals surface area contributed by atoms with Gasteiger partial charge in [-0.15, -0.1) is 0 Å². The largest absolute Gasteiger partial charge is 0.462 e. The maximum Gasteiger partial charge on any atom is 0.350 e. The minimum Gasteiger partial charge on any atom is -0.462 e. The van der Waals surface area contributed by atoms with Crippen LogP contribution in [0.1, 0.15) is 17.3 Å². The molecule has 8 heteroatoms. The third-order valence-electron chi connectivity index (χ3n) is 2.65. The molecule has 1 aromatic carbocycles. The topological polar surface area (TPSA) is 110 Å². The average molecular weight is 303 g/mol. The predicted molar refractivity (Wildman–Crippen MR) is 73.5 cm³/mol. The molecule has 0 aliphatic carbocycles. The van der Waals surface area contributed by atoms with Gasteiger partial charge in [0.15, 0.2) is 17.1 Å². The molecule has 0 radical (unpaired) electrons. The summed E-state index contributed by atoms with van der Waals surface area (Å²) in [6.45, 7) is 1.90. The summed E-state index contributed by atoms with van der Waals surface area (Å²) < 4.78 is 15.0. The number of carbonyl (C=O) groups is 2. The number of fused-ring (bicyclic) bond motifs is 1. The van der Waals surface area contributed by atoms with Gasteiger partial charge in [0, 0.05) is 11.8 Å². The lowest BCUT2D eigenvalue weighted by atomic mass is 10.2. The number of hydrazine groups is 1. The van der Waals surface area contributed by atoms with Gasteiger partial charge in [-0.05, 0) is 25.1 Å². The van der Waals surface area contributed by atoms with E-state index < -0.39 is 11.9 Å². The molecular formula is C14H13N3O5. The molecule has 0 aromatic heterocycles. The predicted octanol–water partition coefficient (Wildman–Crippen LogP) is 0.620. The number of nitrogens with zero attached hydrogens (tertiary/aromatic N) is 1. The molecule has 0 bridgehead atoms.